The summed E-state index contributed by atoms with van der Waals surface area (Å²) in [5.74, 6) is -0.247. The van der Waals surface area contributed by atoms with E-state index >= 15 is 0 Å². The number of hydrogen-bond acceptors (Lipinski definition) is 6. The Morgan fingerprint density at radius 3 is 2.69 bits per heavy atom. The Labute approximate surface area is 172 Å². The Kier molecular flexibility index (Phi) is 5.19. The van der Waals surface area contributed by atoms with Crippen LogP contribution in [0.3, 0.4) is 0 Å². The normalized spacial score (nSPS) is 20.8. The van der Waals surface area contributed by atoms with E-state index in [1.807, 2.05) is 0 Å². The molecule has 0 bridgehead atoms. The predicted molar refractivity (Wildman–Crippen MR) is 108 cm³/mol. The highest BCUT2D eigenvalue weighted by atomic mass is 35.5. The Hall–Kier alpha value is -2.27. The van der Waals surface area contributed by atoms with Crippen molar-refractivity contribution in [2.24, 2.45) is 0 Å². The molecule has 4 rings (SSSR count). The molecule has 1 aliphatic heterocycles. The number of aliphatic hydroxyl groups excluding tert-OH is 1. The predicted octanol–water partition coefficient (Wildman–Crippen LogP) is 2.00. The number of aliphatic hydroxyl groups is 1. The zero-order chi connectivity index (χ0) is 20.8. The number of anilines is 1. The fourth-order valence-corrected chi connectivity index (χ4v) is 4.37. The van der Waals surface area contributed by atoms with Gasteiger partial charge < -0.3 is 10.4 Å². The van der Waals surface area contributed by atoms with Gasteiger partial charge >= 0.3 is 0 Å². The summed E-state index contributed by atoms with van der Waals surface area (Å²) in [6.45, 7) is 0.275. The summed E-state index contributed by atoms with van der Waals surface area (Å²) >= 11 is 5.93. The average Bonchev–Trinajstić information content (AvgIpc) is 2.99. The standard InChI is InChI=1S/C18H19ClFN5O3S/c1-29(27,28)24-7-6-14(17(26)10-24)22-18-21-9-16-13(20)8-15(25(16)23-18)11-2-4-12(19)5-3-11/h2-5,8-9,14,17,26H,6-7,10H2,1H3,(H,22,23)/t14-,17-/m1/s1. The molecule has 0 saturated carbocycles. The Balaban J connectivity index is 1.61. The fraction of sp³-hybridized carbons (Fsp3) is 0.333. The van der Waals surface area contributed by atoms with Crippen molar-refractivity contribution < 1.29 is 17.9 Å². The molecule has 3 aromatic rings. The van der Waals surface area contributed by atoms with Gasteiger partial charge in [-0.1, -0.05) is 23.7 Å². The first kappa shape index (κ1) is 20.0. The first-order chi connectivity index (χ1) is 13.7. The van der Waals surface area contributed by atoms with Crippen LogP contribution in [0.4, 0.5) is 10.3 Å². The van der Waals surface area contributed by atoms with E-state index in [0.717, 1.165) is 11.8 Å². The van der Waals surface area contributed by atoms with Crippen molar-refractivity contribution in [2.45, 2.75) is 18.6 Å². The highest BCUT2D eigenvalue weighted by Crippen LogP contribution is 2.26. The van der Waals surface area contributed by atoms with Crippen molar-refractivity contribution in [2.75, 3.05) is 24.7 Å². The molecule has 11 heteroatoms. The number of β-amino-alcohol motifs (C(OH)–C–C–N with tert-alkyl or cyclic N) is 1. The van der Waals surface area contributed by atoms with E-state index in [4.69, 9.17) is 11.6 Å². The molecular formula is C18H19ClFN5O3S. The second-order valence-electron chi connectivity index (χ2n) is 6.99. The minimum atomic E-state index is -3.36. The van der Waals surface area contributed by atoms with Crippen molar-refractivity contribution >= 4 is 33.1 Å². The van der Waals surface area contributed by atoms with Gasteiger partial charge in [0, 0.05) is 29.7 Å². The van der Waals surface area contributed by atoms with Crippen LogP contribution in [0.25, 0.3) is 16.8 Å². The van der Waals surface area contributed by atoms with E-state index in [1.165, 1.54) is 21.1 Å². The SMILES string of the molecule is CS(=O)(=O)N1CC[C@@H](Nc2ncc3c(F)cc(-c4ccc(Cl)cc4)n3n2)[C@H](O)C1. The number of nitrogens with one attached hydrogen (secondary N) is 1. The molecule has 1 fully saturated rings. The van der Waals surface area contributed by atoms with Crippen LogP contribution in [0.5, 0.6) is 0 Å². The molecule has 154 valence electrons. The molecule has 29 heavy (non-hydrogen) atoms. The molecule has 1 saturated heterocycles. The zero-order valence-electron chi connectivity index (χ0n) is 15.5. The molecule has 2 aromatic heterocycles. The largest absolute Gasteiger partial charge is 0.390 e. The smallest absolute Gasteiger partial charge is 0.241 e. The maximum Gasteiger partial charge on any atom is 0.241 e. The maximum absolute atomic E-state index is 14.3. The van der Waals surface area contributed by atoms with Gasteiger partial charge in [0.1, 0.15) is 5.52 Å². The van der Waals surface area contributed by atoms with E-state index in [0.29, 0.717) is 17.1 Å². The van der Waals surface area contributed by atoms with Gasteiger partial charge in [0.05, 0.1) is 30.3 Å². The van der Waals surface area contributed by atoms with Crippen LogP contribution in [0.15, 0.2) is 36.5 Å². The Morgan fingerprint density at radius 1 is 1.31 bits per heavy atom. The fourth-order valence-electron chi connectivity index (χ4n) is 3.38. The second-order valence-corrected chi connectivity index (χ2v) is 9.41. The lowest BCUT2D eigenvalue weighted by Gasteiger charge is -2.34. The van der Waals surface area contributed by atoms with Crippen LogP contribution >= 0.6 is 11.6 Å². The molecule has 0 spiro atoms. The molecule has 1 aromatic carbocycles. The minimum absolute atomic E-state index is 0.00703. The molecular weight excluding hydrogens is 421 g/mol. The lowest BCUT2D eigenvalue weighted by atomic mass is 10.0. The number of sulfonamides is 1. The minimum Gasteiger partial charge on any atom is -0.390 e. The number of hydrogen-bond donors (Lipinski definition) is 2. The van der Waals surface area contributed by atoms with Gasteiger partial charge in [-0.25, -0.2) is 22.3 Å². The monoisotopic (exact) mass is 439 g/mol. The second kappa shape index (κ2) is 7.52. The summed E-state index contributed by atoms with van der Waals surface area (Å²) in [7, 11) is -3.36. The van der Waals surface area contributed by atoms with E-state index in [9.17, 15) is 17.9 Å². The van der Waals surface area contributed by atoms with Crippen LogP contribution in [-0.4, -0.2) is 63.9 Å². The van der Waals surface area contributed by atoms with Crippen molar-refractivity contribution in [3.63, 3.8) is 0 Å². The first-order valence-corrected chi connectivity index (χ1v) is 11.1. The number of piperidine rings is 1. The Bertz CT molecular complexity index is 1150. The zero-order valence-corrected chi connectivity index (χ0v) is 17.0. The number of benzene rings is 1. The summed E-state index contributed by atoms with van der Waals surface area (Å²) in [6.07, 6.45) is 1.94. The number of aromatic nitrogens is 3. The third-order valence-corrected chi connectivity index (χ3v) is 6.46. The van der Waals surface area contributed by atoms with Gasteiger partial charge in [-0.05, 0) is 18.6 Å². The average molecular weight is 440 g/mol. The van der Waals surface area contributed by atoms with Crippen molar-refractivity contribution in [3.8, 4) is 11.3 Å². The molecule has 2 atom stereocenters. The van der Waals surface area contributed by atoms with E-state index in [1.54, 1.807) is 24.3 Å². The topological polar surface area (TPSA) is 99.8 Å². The third-order valence-electron chi connectivity index (χ3n) is 4.94. The van der Waals surface area contributed by atoms with Crippen LogP contribution in [0.1, 0.15) is 6.42 Å². The van der Waals surface area contributed by atoms with Gasteiger partial charge in [-0.3, -0.25) is 0 Å². The number of nitrogens with zero attached hydrogens (tertiary/aromatic N) is 4. The van der Waals surface area contributed by atoms with Gasteiger partial charge in [0.25, 0.3) is 0 Å². The summed E-state index contributed by atoms with van der Waals surface area (Å²) in [4.78, 5) is 4.14. The van der Waals surface area contributed by atoms with E-state index < -0.39 is 28.0 Å². The lowest BCUT2D eigenvalue weighted by Crippen LogP contribution is -2.51. The van der Waals surface area contributed by atoms with Crippen molar-refractivity contribution in [1.82, 2.24) is 18.9 Å². The molecule has 1 aliphatic rings. The molecule has 3 heterocycles. The van der Waals surface area contributed by atoms with Gasteiger partial charge in [0.2, 0.25) is 16.0 Å². The number of rotatable bonds is 4. The summed E-state index contributed by atoms with van der Waals surface area (Å²) in [5.41, 5.74) is 1.49. The van der Waals surface area contributed by atoms with Crippen molar-refractivity contribution in [1.29, 1.82) is 0 Å². The molecule has 8 nitrogen and oxygen atoms in total. The molecule has 0 amide bonds. The van der Waals surface area contributed by atoms with E-state index in [-0.39, 0.29) is 24.6 Å². The summed E-state index contributed by atoms with van der Waals surface area (Å²) in [5, 5.41) is 18.3. The Morgan fingerprint density at radius 2 is 2.03 bits per heavy atom. The maximum atomic E-state index is 14.3. The third kappa shape index (κ3) is 4.06. The van der Waals surface area contributed by atoms with Crippen LogP contribution in [-0.2, 0) is 10.0 Å². The highest BCUT2D eigenvalue weighted by Gasteiger charge is 2.32. The first-order valence-electron chi connectivity index (χ1n) is 8.92. The van der Waals surface area contributed by atoms with E-state index in [2.05, 4.69) is 15.4 Å². The van der Waals surface area contributed by atoms with Crippen LogP contribution < -0.4 is 5.32 Å². The molecule has 0 radical (unpaired) electrons. The molecule has 0 aliphatic carbocycles. The summed E-state index contributed by atoms with van der Waals surface area (Å²) < 4.78 is 40.3. The van der Waals surface area contributed by atoms with Gasteiger partial charge in [-0.15, -0.1) is 5.10 Å². The number of halogens is 2. The molecule has 0 unspecified atom stereocenters. The summed E-state index contributed by atoms with van der Waals surface area (Å²) in [6, 6.07) is 7.90. The van der Waals surface area contributed by atoms with Gasteiger partial charge in [-0.2, -0.15) is 4.31 Å². The van der Waals surface area contributed by atoms with Crippen LogP contribution in [0.2, 0.25) is 5.02 Å². The van der Waals surface area contributed by atoms with Crippen LogP contribution in [0, 0.1) is 5.82 Å². The number of fused-ring (bicyclic) bond motifs is 1. The highest BCUT2D eigenvalue weighted by molar-refractivity contribution is 7.88. The molecule has 2 N–H and O–H groups in total. The lowest BCUT2D eigenvalue weighted by molar-refractivity contribution is 0.0950. The quantitative estimate of drug-likeness (QED) is 0.645. The van der Waals surface area contributed by atoms with Gasteiger partial charge in [0.15, 0.2) is 5.82 Å². The van der Waals surface area contributed by atoms with Crippen molar-refractivity contribution in [3.05, 3.63) is 47.4 Å².